The van der Waals surface area contributed by atoms with Gasteiger partial charge in [0.25, 0.3) is 0 Å². The third-order valence-corrected chi connectivity index (χ3v) is 3.22. The van der Waals surface area contributed by atoms with E-state index in [1.54, 1.807) is 0 Å². The fourth-order valence-corrected chi connectivity index (χ4v) is 2.14. The van der Waals surface area contributed by atoms with Crippen LogP contribution in [0.25, 0.3) is 5.57 Å². The lowest BCUT2D eigenvalue weighted by Gasteiger charge is -2.11. The summed E-state index contributed by atoms with van der Waals surface area (Å²) in [4.78, 5) is 4.27. The minimum atomic E-state index is 0. The van der Waals surface area contributed by atoms with Crippen LogP contribution in [0.4, 0.5) is 0 Å². The zero-order valence-corrected chi connectivity index (χ0v) is 10.9. The van der Waals surface area contributed by atoms with Crippen LogP contribution in [0.5, 0.6) is 0 Å². The van der Waals surface area contributed by atoms with Crippen molar-refractivity contribution in [2.24, 2.45) is 5.73 Å². The Labute approximate surface area is 109 Å². The molecule has 4 nitrogen and oxygen atoms in total. The molecule has 0 bridgehead atoms. The summed E-state index contributed by atoms with van der Waals surface area (Å²) < 4.78 is 0. The van der Waals surface area contributed by atoms with E-state index < -0.39 is 0 Å². The maximum atomic E-state index is 8.53. The Hall–Kier alpha value is -1.20. The summed E-state index contributed by atoms with van der Waals surface area (Å²) in [6, 6.07) is 8.28. The van der Waals surface area contributed by atoms with Crippen molar-refractivity contribution in [3.63, 3.8) is 0 Å². The summed E-state index contributed by atoms with van der Waals surface area (Å²) in [5, 5.41) is 16.3. The molecule has 0 spiro atoms. The van der Waals surface area contributed by atoms with Crippen molar-refractivity contribution >= 4 is 5.57 Å². The van der Waals surface area contributed by atoms with Gasteiger partial charge < -0.3 is 10.8 Å². The zero-order valence-electron chi connectivity index (χ0n) is 10.9. The van der Waals surface area contributed by atoms with Crippen LogP contribution in [0, 0.1) is 0 Å². The van der Waals surface area contributed by atoms with Gasteiger partial charge >= 0.3 is 0 Å². The van der Waals surface area contributed by atoms with E-state index in [4.69, 9.17) is 16.1 Å². The lowest BCUT2D eigenvalue weighted by atomic mass is 9.98. The Bertz CT molecular complexity index is 419. The van der Waals surface area contributed by atoms with Crippen molar-refractivity contribution in [3.05, 3.63) is 41.0 Å². The van der Waals surface area contributed by atoms with Gasteiger partial charge in [-0.05, 0) is 30.5 Å². The van der Waals surface area contributed by atoms with Gasteiger partial charge in [0, 0.05) is 13.9 Å². The van der Waals surface area contributed by atoms with Crippen LogP contribution in [-0.4, -0.2) is 30.1 Å². The Morgan fingerprint density at radius 3 is 2.50 bits per heavy atom. The van der Waals surface area contributed by atoms with Gasteiger partial charge in [0.05, 0.1) is 13.2 Å². The lowest BCUT2D eigenvalue weighted by Crippen LogP contribution is -2.04. The van der Waals surface area contributed by atoms with Gasteiger partial charge in [-0.2, -0.15) is 0 Å². The molecule has 1 unspecified atom stereocenters. The second kappa shape index (κ2) is 7.28. The standard InChI is InChI=1S/C12H14O2.C2H7NO.H2/c1-8-9(2)12(7-14-13)11-6-4-3-5-10(8)11;3-1-2-4;/h3-6,12-13H,7H2,1-2H3;4H,1-3H2;1H. The highest BCUT2D eigenvalue weighted by Crippen LogP contribution is 2.41. The molecule has 0 saturated carbocycles. The van der Waals surface area contributed by atoms with Crippen molar-refractivity contribution in [1.82, 2.24) is 0 Å². The number of aliphatic hydroxyl groups excluding tert-OH is 1. The first-order valence-corrected chi connectivity index (χ1v) is 6.01. The van der Waals surface area contributed by atoms with Gasteiger partial charge in [-0.1, -0.05) is 29.8 Å². The Balaban J connectivity index is 0.000000576. The van der Waals surface area contributed by atoms with Gasteiger partial charge in [-0.15, -0.1) is 0 Å². The van der Waals surface area contributed by atoms with Gasteiger partial charge in [-0.3, -0.25) is 5.26 Å². The van der Waals surface area contributed by atoms with E-state index in [9.17, 15) is 0 Å². The minimum absolute atomic E-state index is 0. The Kier molecular flexibility index (Phi) is 6.01. The average molecular weight is 253 g/mol. The highest BCUT2D eigenvalue weighted by molar-refractivity contribution is 5.76. The smallest absolute Gasteiger partial charge is 0.0925 e. The number of benzene rings is 1. The zero-order chi connectivity index (χ0) is 13.5. The third kappa shape index (κ3) is 3.17. The van der Waals surface area contributed by atoms with E-state index in [-0.39, 0.29) is 14.0 Å². The topological polar surface area (TPSA) is 75.7 Å². The number of hydrogen-bond donors (Lipinski definition) is 3. The number of rotatable bonds is 3. The average Bonchev–Trinajstić information content (AvgIpc) is 2.65. The first-order valence-electron chi connectivity index (χ1n) is 6.01. The Morgan fingerprint density at radius 2 is 1.94 bits per heavy atom. The van der Waals surface area contributed by atoms with Crippen LogP contribution in [0.15, 0.2) is 29.8 Å². The molecule has 1 atom stereocenters. The SMILES string of the molecule is CC1=C(C)C(COO)c2ccccc21.NCCO.[HH]. The van der Waals surface area contributed by atoms with Crippen molar-refractivity contribution in [2.75, 3.05) is 19.8 Å². The molecule has 0 aliphatic heterocycles. The lowest BCUT2D eigenvalue weighted by molar-refractivity contribution is -0.244. The Morgan fingerprint density at radius 1 is 1.33 bits per heavy atom. The number of aliphatic hydroxyl groups is 1. The van der Waals surface area contributed by atoms with Crippen LogP contribution in [0.1, 0.15) is 32.3 Å². The van der Waals surface area contributed by atoms with Crippen molar-refractivity contribution < 1.29 is 16.7 Å². The first kappa shape index (κ1) is 14.9. The highest BCUT2D eigenvalue weighted by Gasteiger charge is 2.25. The molecule has 102 valence electrons. The fraction of sp³-hybridized carbons (Fsp3) is 0.429. The second-order valence-corrected chi connectivity index (χ2v) is 4.26. The molecule has 4 heteroatoms. The van der Waals surface area contributed by atoms with Gasteiger partial charge in [0.2, 0.25) is 0 Å². The molecule has 0 aromatic heterocycles. The minimum Gasteiger partial charge on any atom is -0.395 e. The highest BCUT2D eigenvalue weighted by atomic mass is 17.1. The molecule has 18 heavy (non-hydrogen) atoms. The summed E-state index contributed by atoms with van der Waals surface area (Å²) in [5.74, 6) is 0.219. The van der Waals surface area contributed by atoms with Crippen LogP contribution in [0.2, 0.25) is 0 Å². The number of nitrogens with two attached hydrogens (primary N) is 1. The number of fused-ring (bicyclic) bond motifs is 1. The predicted octanol–water partition coefficient (Wildman–Crippen LogP) is 2.25. The van der Waals surface area contributed by atoms with Crippen LogP contribution in [0.3, 0.4) is 0 Å². The quantitative estimate of drug-likeness (QED) is 0.570. The normalized spacial score (nSPS) is 17.3. The molecular formula is C14H23NO3. The molecule has 1 aromatic rings. The largest absolute Gasteiger partial charge is 0.395 e. The molecule has 0 heterocycles. The van der Waals surface area contributed by atoms with Gasteiger partial charge in [-0.25, -0.2) is 4.89 Å². The molecule has 0 fully saturated rings. The van der Waals surface area contributed by atoms with Gasteiger partial charge in [0.1, 0.15) is 0 Å². The van der Waals surface area contributed by atoms with E-state index in [1.165, 1.54) is 22.3 Å². The van der Waals surface area contributed by atoms with Crippen LogP contribution in [-0.2, 0) is 4.89 Å². The molecular weight excluding hydrogens is 230 g/mol. The molecule has 0 amide bonds. The summed E-state index contributed by atoms with van der Waals surface area (Å²) in [6.07, 6.45) is 0. The number of hydrogen-bond acceptors (Lipinski definition) is 4. The molecule has 4 N–H and O–H groups in total. The van der Waals surface area contributed by atoms with Crippen LogP contribution < -0.4 is 5.73 Å². The van der Waals surface area contributed by atoms with E-state index >= 15 is 0 Å². The first-order chi connectivity index (χ1) is 8.67. The summed E-state index contributed by atoms with van der Waals surface area (Å²) >= 11 is 0. The monoisotopic (exact) mass is 253 g/mol. The van der Waals surface area contributed by atoms with E-state index in [0.717, 1.165) is 0 Å². The van der Waals surface area contributed by atoms with E-state index in [2.05, 4.69) is 30.9 Å². The molecule has 1 aliphatic carbocycles. The van der Waals surface area contributed by atoms with Crippen LogP contribution >= 0.6 is 0 Å². The summed E-state index contributed by atoms with van der Waals surface area (Å²) in [7, 11) is 0. The van der Waals surface area contributed by atoms with E-state index in [1.807, 2.05) is 12.1 Å². The van der Waals surface area contributed by atoms with E-state index in [0.29, 0.717) is 13.2 Å². The summed E-state index contributed by atoms with van der Waals surface area (Å²) in [5.41, 5.74) is 9.92. The number of allylic oxidation sites excluding steroid dienone is 1. The molecule has 1 aliphatic rings. The third-order valence-electron chi connectivity index (χ3n) is 3.22. The molecule has 0 radical (unpaired) electrons. The maximum absolute atomic E-state index is 8.53. The molecule has 0 saturated heterocycles. The molecule has 1 aromatic carbocycles. The second-order valence-electron chi connectivity index (χ2n) is 4.26. The van der Waals surface area contributed by atoms with Crippen molar-refractivity contribution in [2.45, 2.75) is 19.8 Å². The fourth-order valence-electron chi connectivity index (χ4n) is 2.14. The van der Waals surface area contributed by atoms with Crippen molar-refractivity contribution in [3.8, 4) is 0 Å². The maximum Gasteiger partial charge on any atom is 0.0925 e. The van der Waals surface area contributed by atoms with Gasteiger partial charge in [0.15, 0.2) is 0 Å². The molecule has 2 rings (SSSR count). The summed E-state index contributed by atoms with van der Waals surface area (Å²) in [6.45, 7) is 5.03. The predicted molar refractivity (Wildman–Crippen MR) is 74.3 cm³/mol. The van der Waals surface area contributed by atoms with Crippen molar-refractivity contribution in [1.29, 1.82) is 0 Å².